The van der Waals surface area contributed by atoms with Crippen LogP contribution in [0.2, 0.25) is 0 Å². The molecule has 0 heteroatoms. The first-order chi connectivity index (χ1) is 12.6. The van der Waals surface area contributed by atoms with Gasteiger partial charge in [0.05, 0.1) is 0 Å². The molecule has 5 fully saturated rings. The Kier molecular flexibility index (Phi) is 3.92. The van der Waals surface area contributed by atoms with Crippen molar-refractivity contribution in [3.63, 3.8) is 0 Å². The molecule has 0 N–H and O–H groups in total. The van der Waals surface area contributed by atoms with Gasteiger partial charge in [0.25, 0.3) is 0 Å². The van der Waals surface area contributed by atoms with Gasteiger partial charge in [0, 0.05) is 0 Å². The van der Waals surface area contributed by atoms with Gasteiger partial charge >= 0.3 is 0 Å². The van der Waals surface area contributed by atoms with E-state index >= 15 is 0 Å². The van der Waals surface area contributed by atoms with Gasteiger partial charge < -0.3 is 0 Å². The van der Waals surface area contributed by atoms with Crippen molar-refractivity contribution in [2.45, 2.75) is 119 Å². The molecule has 27 heavy (non-hydrogen) atoms. The standard InChI is InChI=1S/C27H46/c1-23(2)14-8-16-25(4)20(23)13-18-27(6)22(25)11-10-21-24(3)15-7-9-19(24)12-17-26(21,27)5/h19-22H,7-18H2,1-6H3/t19-,20-,21-,22+,24-,25-,26+,27+/m0/s1. The number of hydrogen-bond donors (Lipinski definition) is 0. The third-order valence-electron chi connectivity index (χ3n) is 12.6. The van der Waals surface area contributed by atoms with Crippen molar-refractivity contribution >= 4 is 0 Å². The summed E-state index contributed by atoms with van der Waals surface area (Å²) in [5, 5.41) is 0. The molecule has 0 aromatic heterocycles. The Balaban J connectivity index is 1.56. The van der Waals surface area contributed by atoms with E-state index in [1.807, 2.05) is 0 Å². The fourth-order valence-corrected chi connectivity index (χ4v) is 11.2. The smallest absolute Gasteiger partial charge is 0.0235 e. The van der Waals surface area contributed by atoms with Gasteiger partial charge in [-0.05, 0) is 115 Å². The largest absolute Gasteiger partial charge is 0.0596 e. The molecule has 0 aromatic carbocycles. The Labute approximate surface area is 169 Å². The molecule has 8 atom stereocenters. The summed E-state index contributed by atoms with van der Waals surface area (Å²) in [7, 11) is 0. The lowest BCUT2D eigenvalue weighted by Crippen LogP contribution is -2.65. The van der Waals surface area contributed by atoms with Crippen LogP contribution in [-0.4, -0.2) is 0 Å². The minimum atomic E-state index is 0.571. The van der Waals surface area contributed by atoms with Gasteiger partial charge in [-0.2, -0.15) is 0 Å². The fourth-order valence-electron chi connectivity index (χ4n) is 11.2. The number of hydrogen-bond acceptors (Lipinski definition) is 0. The zero-order chi connectivity index (χ0) is 19.3. The van der Waals surface area contributed by atoms with E-state index in [1.54, 1.807) is 12.8 Å². The third-order valence-corrected chi connectivity index (χ3v) is 12.6. The second-order valence-corrected chi connectivity index (χ2v) is 13.6. The van der Waals surface area contributed by atoms with E-state index < -0.39 is 0 Å². The van der Waals surface area contributed by atoms with Crippen LogP contribution in [0.4, 0.5) is 0 Å². The predicted molar refractivity (Wildman–Crippen MR) is 116 cm³/mol. The van der Waals surface area contributed by atoms with Gasteiger partial charge in [0.15, 0.2) is 0 Å². The second-order valence-electron chi connectivity index (χ2n) is 13.6. The van der Waals surface area contributed by atoms with Gasteiger partial charge in [-0.25, -0.2) is 0 Å². The lowest BCUT2D eigenvalue weighted by Gasteiger charge is -2.73. The SMILES string of the molecule is CC1(C)CCC[C@]2(C)[C@H]3CC[C@H]4[C@@]5(C)CCC[C@H]5CC[C@@]4(C)[C@]3(C)CC[C@@H]12. The molecule has 0 aliphatic heterocycles. The summed E-state index contributed by atoms with van der Waals surface area (Å²) in [6.07, 6.45) is 18.3. The van der Waals surface area contributed by atoms with Crippen molar-refractivity contribution in [3.05, 3.63) is 0 Å². The van der Waals surface area contributed by atoms with Gasteiger partial charge in [0.2, 0.25) is 0 Å². The van der Waals surface area contributed by atoms with E-state index in [4.69, 9.17) is 0 Å². The minimum Gasteiger partial charge on any atom is -0.0596 e. The van der Waals surface area contributed by atoms with E-state index in [1.165, 1.54) is 64.2 Å². The van der Waals surface area contributed by atoms with Crippen LogP contribution in [0, 0.1) is 50.7 Å². The molecule has 0 saturated heterocycles. The summed E-state index contributed by atoms with van der Waals surface area (Å²) >= 11 is 0. The van der Waals surface area contributed by atoms with Crippen molar-refractivity contribution < 1.29 is 0 Å². The first kappa shape index (κ1) is 19.0. The van der Waals surface area contributed by atoms with E-state index in [-0.39, 0.29) is 0 Å². The van der Waals surface area contributed by atoms with Crippen LogP contribution in [0.1, 0.15) is 119 Å². The number of fused-ring (bicyclic) bond motifs is 7. The van der Waals surface area contributed by atoms with Crippen LogP contribution in [0.25, 0.3) is 0 Å². The van der Waals surface area contributed by atoms with E-state index in [9.17, 15) is 0 Å². The highest BCUT2D eigenvalue weighted by atomic mass is 14.7. The Hall–Kier alpha value is 0. The van der Waals surface area contributed by atoms with Crippen LogP contribution >= 0.6 is 0 Å². The Morgan fingerprint density at radius 1 is 0.481 bits per heavy atom. The van der Waals surface area contributed by atoms with Crippen molar-refractivity contribution in [2.24, 2.45) is 50.7 Å². The molecule has 0 bridgehead atoms. The van der Waals surface area contributed by atoms with Crippen LogP contribution in [0.15, 0.2) is 0 Å². The highest BCUT2D eigenvalue weighted by molar-refractivity contribution is 5.18. The van der Waals surface area contributed by atoms with Gasteiger partial charge in [-0.3, -0.25) is 0 Å². The molecule has 0 amide bonds. The molecular formula is C27H46. The van der Waals surface area contributed by atoms with Crippen molar-refractivity contribution in [1.29, 1.82) is 0 Å². The molecule has 5 aliphatic rings. The Bertz CT molecular complexity index is 618. The average molecular weight is 371 g/mol. The molecule has 0 unspecified atom stereocenters. The highest BCUT2D eigenvalue weighted by Gasteiger charge is 2.69. The van der Waals surface area contributed by atoms with E-state index in [2.05, 4.69) is 41.5 Å². The topological polar surface area (TPSA) is 0 Å². The monoisotopic (exact) mass is 370 g/mol. The maximum Gasteiger partial charge on any atom is -0.0235 e. The molecular weight excluding hydrogens is 324 g/mol. The zero-order valence-electron chi connectivity index (χ0n) is 19.3. The summed E-state index contributed by atoms with van der Waals surface area (Å²) in [4.78, 5) is 0. The van der Waals surface area contributed by atoms with Crippen molar-refractivity contribution in [1.82, 2.24) is 0 Å². The van der Waals surface area contributed by atoms with Crippen LogP contribution in [0.3, 0.4) is 0 Å². The fraction of sp³-hybridized carbons (Fsp3) is 1.00. The van der Waals surface area contributed by atoms with Gasteiger partial charge in [0.1, 0.15) is 0 Å². The van der Waals surface area contributed by atoms with Gasteiger partial charge in [-0.1, -0.05) is 54.4 Å². The van der Waals surface area contributed by atoms with E-state index in [0.717, 1.165) is 23.7 Å². The molecule has 0 spiro atoms. The molecule has 0 radical (unpaired) electrons. The molecule has 5 rings (SSSR count). The molecule has 0 nitrogen and oxygen atoms in total. The lowest BCUT2D eigenvalue weighted by molar-refractivity contribution is -0.239. The quantitative estimate of drug-likeness (QED) is 0.402. The molecule has 5 saturated carbocycles. The van der Waals surface area contributed by atoms with Crippen molar-refractivity contribution in [2.75, 3.05) is 0 Å². The summed E-state index contributed by atoms with van der Waals surface area (Å²) in [5.74, 6) is 4.00. The summed E-state index contributed by atoms with van der Waals surface area (Å²) < 4.78 is 0. The Morgan fingerprint density at radius 3 is 1.78 bits per heavy atom. The first-order valence-corrected chi connectivity index (χ1v) is 12.6. The minimum absolute atomic E-state index is 0.571. The number of rotatable bonds is 0. The average Bonchev–Trinajstić information content (AvgIpc) is 2.96. The summed E-state index contributed by atoms with van der Waals surface area (Å²) in [6.45, 7) is 16.3. The van der Waals surface area contributed by atoms with Crippen LogP contribution in [0.5, 0.6) is 0 Å². The molecule has 0 aromatic rings. The first-order valence-electron chi connectivity index (χ1n) is 12.6. The lowest BCUT2D eigenvalue weighted by atomic mass is 9.32. The summed E-state index contributed by atoms with van der Waals surface area (Å²) in [5.41, 5.74) is 3.04. The molecule has 5 aliphatic carbocycles. The molecule has 0 heterocycles. The Morgan fingerprint density at radius 2 is 1.07 bits per heavy atom. The third kappa shape index (κ3) is 2.17. The van der Waals surface area contributed by atoms with E-state index in [0.29, 0.717) is 27.1 Å². The summed E-state index contributed by atoms with van der Waals surface area (Å²) in [6, 6.07) is 0. The zero-order valence-corrected chi connectivity index (χ0v) is 19.3. The van der Waals surface area contributed by atoms with Gasteiger partial charge in [-0.15, -0.1) is 0 Å². The molecule has 154 valence electrons. The van der Waals surface area contributed by atoms with Crippen LogP contribution in [-0.2, 0) is 0 Å². The second kappa shape index (κ2) is 5.57. The predicted octanol–water partition coefficient (Wildman–Crippen LogP) is 8.25. The maximum absolute atomic E-state index is 2.80. The highest BCUT2D eigenvalue weighted by Crippen LogP contribution is 2.77. The maximum atomic E-state index is 2.80. The normalized spacial score (nSPS) is 59.3. The van der Waals surface area contributed by atoms with Crippen LogP contribution < -0.4 is 0 Å². The van der Waals surface area contributed by atoms with Crippen molar-refractivity contribution in [3.8, 4) is 0 Å².